The molecular weight excluding hydrogens is 252 g/mol. The van der Waals surface area contributed by atoms with Crippen molar-refractivity contribution in [3.8, 4) is 0 Å². The maximum Gasteiger partial charge on any atom is 0.312 e. The van der Waals surface area contributed by atoms with Crippen molar-refractivity contribution >= 4 is 5.97 Å². The summed E-state index contributed by atoms with van der Waals surface area (Å²) in [5.41, 5.74) is 3.60. The van der Waals surface area contributed by atoms with Crippen LogP contribution in [-0.4, -0.2) is 21.0 Å². The van der Waals surface area contributed by atoms with E-state index in [1.54, 1.807) is 6.07 Å². The van der Waals surface area contributed by atoms with Crippen LogP contribution in [0.1, 0.15) is 35.4 Å². The minimum Gasteiger partial charge on any atom is -0.481 e. The number of aliphatic carboxylic acids is 1. The molecule has 1 aromatic heterocycles. The standard InChI is InChI=1S/C16H18N2O2/c1-3-13-9-15(18-10-17-13)14(16(19)20)8-12-6-4-11(2)5-7-12/h4-7,9-10,14H,3,8H2,1-2H3,(H,19,20). The van der Waals surface area contributed by atoms with Crippen LogP contribution in [0.15, 0.2) is 36.7 Å². The van der Waals surface area contributed by atoms with Gasteiger partial charge in [-0.25, -0.2) is 9.97 Å². The van der Waals surface area contributed by atoms with Crippen LogP contribution < -0.4 is 0 Å². The molecule has 0 saturated heterocycles. The van der Waals surface area contributed by atoms with E-state index in [9.17, 15) is 9.90 Å². The van der Waals surface area contributed by atoms with Gasteiger partial charge in [-0.3, -0.25) is 4.79 Å². The molecule has 0 saturated carbocycles. The molecule has 1 heterocycles. The summed E-state index contributed by atoms with van der Waals surface area (Å²) in [6.07, 6.45) is 2.65. The smallest absolute Gasteiger partial charge is 0.312 e. The van der Waals surface area contributed by atoms with E-state index in [2.05, 4.69) is 9.97 Å². The Bertz CT molecular complexity index is 594. The van der Waals surface area contributed by atoms with Gasteiger partial charge in [-0.15, -0.1) is 0 Å². The molecule has 4 heteroatoms. The highest BCUT2D eigenvalue weighted by Gasteiger charge is 2.22. The Hall–Kier alpha value is -2.23. The first-order valence-electron chi connectivity index (χ1n) is 6.69. The molecule has 2 aromatic rings. The molecule has 104 valence electrons. The van der Waals surface area contributed by atoms with Crippen LogP contribution in [0.25, 0.3) is 0 Å². The van der Waals surface area contributed by atoms with Gasteiger partial charge in [0.1, 0.15) is 12.2 Å². The molecular formula is C16H18N2O2. The number of carboxylic acids is 1. The highest BCUT2D eigenvalue weighted by Crippen LogP contribution is 2.20. The number of benzene rings is 1. The molecule has 0 spiro atoms. The topological polar surface area (TPSA) is 63.1 Å². The monoisotopic (exact) mass is 270 g/mol. The third-order valence-electron chi connectivity index (χ3n) is 3.32. The van der Waals surface area contributed by atoms with Crippen molar-refractivity contribution in [2.45, 2.75) is 32.6 Å². The van der Waals surface area contributed by atoms with Gasteiger partial charge in [0.05, 0.1) is 5.69 Å². The summed E-state index contributed by atoms with van der Waals surface area (Å²) in [5.74, 6) is -1.49. The van der Waals surface area contributed by atoms with E-state index in [4.69, 9.17) is 0 Å². The van der Waals surface area contributed by atoms with Gasteiger partial charge in [-0.05, 0) is 31.4 Å². The van der Waals surface area contributed by atoms with Crippen LogP contribution in [0, 0.1) is 6.92 Å². The van der Waals surface area contributed by atoms with Crippen molar-refractivity contribution in [2.24, 2.45) is 0 Å². The quantitative estimate of drug-likeness (QED) is 0.907. The Morgan fingerprint density at radius 1 is 1.25 bits per heavy atom. The lowest BCUT2D eigenvalue weighted by Crippen LogP contribution is -2.16. The molecule has 20 heavy (non-hydrogen) atoms. The second-order valence-corrected chi connectivity index (χ2v) is 4.87. The molecule has 1 aromatic carbocycles. The zero-order valence-corrected chi connectivity index (χ0v) is 11.7. The van der Waals surface area contributed by atoms with Gasteiger partial charge in [0, 0.05) is 5.69 Å². The Kier molecular flexibility index (Phi) is 4.45. The van der Waals surface area contributed by atoms with Gasteiger partial charge in [0.15, 0.2) is 0 Å². The van der Waals surface area contributed by atoms with Crippen LogP contribution in [0.2, 0.25) is 0 Å². The highest BCUT2D eigenvalue weighted by molar-refractivity contribution is 5.75. The summed E-state index contributed by atoms with van der Waals surface area (Å²) >= 11 is 0. The molecule has 1 N–H and O–H groups in total. The van der Waals surface area contributed by atoms with E-state index in [-0.39, 0.29) is 0 Å². The van der Waals surface area contributed by atoms with Gasteiger partial charge < -0.3 is 5.11 Å². The lowest BCUT2D eigenvalue weighted by atomic mass is 9.95. The predicted molar refractivity (Wildman–Crippen MR) is 76.7 cm³/mol. The molecule has 1 unspecified atom stereocenters. The van der Waals surface area contributed by atoms with E-state index < -0.39 is 11.9 Å². The minimum atomic E-state index is -0.855. The Morgan fingerprint density at radius 3 is 2.55 bits per heavy atom. The fourth-order valence-corrected chi connectivity index (χ4v) is 2.08. The third kappa shape index (κ3) is 3.41. The van der Waals surface area contributed by atoms with Crippen LogP contribution in [-0.2, 0) is 17.6 Å². The normalized spacial score (nSPS) is 12.1. The van der Waals surface area contributed by atoms with Crippen molar-refractivity contribution in [2.75, 3.05) is 0 Å². The average molecular weight is 270 g/mol. The summed E-state index contributed by atoms with van der Waals surface area (Å²) in [7, 11) is 0. The number of hydrogen-bond acceptors (Lipinski definition) is 3. The lowest BCUT2D eigenvalue weighted by Gasteiger charge is -2.12. The number of aryl methyl sites for hydroxylation is 2. The first-order chi connectivity index (χ1) is 9.60. The number of carboxylic acid groups (broad SMARTS) is 1. The molecule has 1 atom stereocenters. The number of nitrogens with zero attached hydrogens (tertiary/aromatic N) is 2. The van der Waals surface area contributed by atoms with Crippen molar-refractivity contribution in [1.29, 1.82) is 0 Å². The second-order valence-electron chi connectivity index (χ2n) is 4.87. The van der Waals surface area contributed by atoms with E-state index in [0.717, 1.165) is 23.2 Å². The number of aromatic nitrogens is 2. The molecule has 2 rings (SSSR count). The average Bonchev–Trinajstić information content (AvgIpc) is 2.46. The number of hydrogen-bond donors (Lipinski definition) is 1. The van der Waals surface area contributed by atoms with E-state index in [1.807, 2.05) is 38.1 Å². The van der Waals surface area contributed by atoms with Crippen LogP contribution in [0.4, 0.5) is 0 Å². The molecule has 0 aliphatic heterocycles. The zero-order chi connectivity index (χ0) is 14.5. The molecule has 0 bridgehead atoms. The largest absolute Gasteiger partial charge is 0.481 e. The Morgan fingerprint density at radius 2 is 1.95 bits per heavy atom. The van der Waals surface area contributed by atoms with Gasteiger partial charge in [0.2, 0.25) is 0 Å². The molecule has 0 amide bonds. The van der Waals surface area contributed by atoms with E-state index in [0.29, 0.717) is 12.1 Å². The number of carbonyl (C=O) groups is 1. The molecule has 0 aliphatic rings. The fraction of sp³-hybridized carbons (Fsp3) is 0.312. The lowest BCUT2D eigenvalue weighted by molar-refractivity contribution is -0.138. The maximum atomic E-state index is 11.5. The van der Waals surface area contributed by atoms with E-state index >= 15 is 0 Å². The third-order valence-corrected chi connectivity index (χ3v) is 3.32. The maximum absolute atomic E-state index is 11.5. The van der Waals surface area contributed by atoms with Gasteiger partial charge >= 0.3 is 5.97 Å². The summed E-state index contributed by atoms with van der Waals surface area (Å²) in [6.45, 7) is 4.00. The van der Waals surface area contributed by atoms with Gasteiger partial charge in [-0.2, -0.15) is 0 Å². The van der Waals surface area contributed by atoms with Crippen LogP contribution in [0.3, 0.4) is 0 Å². The summed E-state index contributed by atoms with van der Waals surface area (Å²) in [5, 5.41) is 9.45. The van der Waals surface area contributed by atoms with Crippen molar-refractivity contribution < 1.29 is 9.90 Å². The van der Waals surface area contributed by atoms with Gasteiger partial charge in [0.25, 0.3) is 0 Å². The Labute approximate surface area is 118 Å². The molecule has 0 aliphatic carbocycles. The number of rotatable bonds is 5. The van der Waals surface area contributed by atoms with Crippen molar-refractivity contribution in [3.05, 3.63) is 59.2 Å². The first-order valence-corrected chi connectivity index (χ1v) is 6.69. The summed E-state index contributed by atoms with van der Waals surface area (Å²) in [6, 6.07) is 9.70. The molecule has 0 radical (unpaired) electrons. The SMILES string of the molecule is CCc1cc(C(Cc2ccc(C)cc2)C(=O)O)ncn1. The van der Waals surface area contributed by atoms with Crippen LogP contribution in [0.5, 0.6) is 0 Å². The van der Waals surface area contributed by atoms with Crippen molar-refractivity contribution in [1.82, 2.24) is 9.97 Å². The highest BCUT2D eigenvalue weighted by atomic mass is 16.4. The second kappa shape index (κ2) is 6.28. The van der Waals surface area contributed by atoms with E-state index in [1.165, 1.54) is 6.33 Å². The Balaban J connectivity index is 2.26. The molecule has 4 nitrogen and oxygen atoms in total. The van der Waals surface area contributed by atoms with Gasteiger partial charge in [-0.1, -0.05) is 36.8 Å². The summed E-state index contributed by atoms with van der Waals surface area (Å²) in [4.78, 5) is 19.8. The fourth-order valence-electron chi connectivity index (χ4n) is 2.08. The first kappa shape index (κ1) is 14.2. The summed E-state index contributed by atoms with van der Waals surface area (Å²) < 4.78 is 0. The molecule has 0 fully saturated rings. The predicted octanol–water partition coefficient (Wildman–Crippen LogP) is 2.76. The van der Waals surface area contributed by atoms with Crippen molar-refractivity contribution in [3.63, 3.8) is 0 Å². The van der Waals surface area contributed by atoms with Crippen LogP contribution >= 0.6 is 0 Å². The zero-order valence-electron chi connectivity index (χ0n) is 11.7. The minimum absolute atomic E-state index is 0.440.